The van der Waals surface area contributed by atoms with E-state index >= 15 is 0 Å². The minimum absolute atomic E-state index is 0.0231. The topological polar surface area (TPSA) is 108 Å². The van der Waals surface area contributed by atoms with Gasteiger partial charge in [0.2, 0.25) is 0 Å². The number of rotatable bonds is 38. The fourth-order valence-electron chi connectivity index (χ4n) is 5.53. The van der Waals surface area contributed by atoms with E-state index in [0.29, 0.717) is 17.4 Å². The van der Waals surface area contributed by atoms with Crippen LogP contribution in [0.2, 0.25) is 0 Å². The maximum absolute atomic E-state index is 12.6. The lowest BCUT2D eigenvalue weighted by molar-refractivity contribution is -0.870. The molecule has 0 fully saturated rings. The smallest absolute Gasteiger partial charge is 0.462 e. The van der Waals surface area contributed by atoms with E-state index in [9.17, 15) is 19.0 Å². The molecule has 0 spiro atoms. The molecule has 0 aromatic rings. The first-order valence-electron chi connectivity index (χ1n) is 21.4. The van der Waals surface area contributed by atoms with Gasteiger partial charge in [-0.25, -0.2) is 4.57 Å². The third kappa shape index (κ3) is 39.7. The van der Waals surface area contributed by atoms with E-state index in [1.54, 1.807) is 0 Å². The molecule has 0 heterocycles. The Labute approximate surface area is 331 Å². The van der Waals surface area contributed by atoms with Crippen molar-refractivity contribution in [3.63, 3.8) is 0 Å². The normalized spacial score (nSPS) is 14.1. The second-order valence-corrected chi connectivity index (χ2v) is 16.8. The van der Waals surface area contributed by atoms with E-state index in [1.165, 1.54) is 77.0 Å². The van der Waals surface area contributed by atoms with Crippen molar-refractivity contribution in [1.82, 2.24) is 0 Å². The highest BCUT2D eigenvalue weighted by molar-refractivity contribution is 7.47. The summed E-state index contributed by atoms with van der Waals surface area (Å²) in [5.41, 5.74) is 0. The number of allylic oxidation sites excluding steroid dienone is 8. The number of phosphoric ester groups is 1. The highest BCUT2D eigenvalue weighted by Crippen LogP contribution is 2.43. The molecule has 0 saturated heterocycles. The van der Waals surface area contributed by atoms with Crippen LogP contribution in [0.1, 0.15) is 168 Å². The third-order valence-corrected chi connectivity index (χ3v) is 9.86. The molecule has 0 aromatic carbocycles. The Hall–Kier alpha value is -2.03. The van der Waals surface area contributed by atoms with Crippen LogP contribution in [0.25, 0.3) is 0 Å². The van der Waals surface area contributed by atoms with Gasteiger partial charge in [0, 0.05) is 12.8 Å². The first-order chi connectivity index (χ1) is 26.0. The van der Waals surface area contributed by atoms with Crippen molar-refractivity contribution in [2.45, 2.75) is 174 Å². The molecule has 1 N–H and O–H groups in total. The minimum Gasteiger partial charge on any atom is -0.462 e. The Morgan fingerprint density at radius 3 is 1.57 bits per heavy atom. The summed E-state index contributed by atoms with van der Waals surface area (Å²) >= 11 is 0. The molecule has 1 unspecified atom stereocenters. The average molecular weight is 783 g/mol. The van der Waals surface area contributed by atoms with Gasteiger partial charge in [-0.05, 0) is 51.4 Å². The molecule has 2 atom stereocenters. The summed E-state index contributed by atoms with van der Waals surface area (Å²) in [5.74, 6) is -0.846. The van der Waals surface area contributed by atoms with Gasteiger partial charge in [0.1, 0.15) is 19.8 Å². The van der Waals surface area contributed by atoms with E-state index in [-0.39, 0.29) is 32.0 Å². The van der Waals surface area contributed by atoms with Gasteiger partial charge >= 0.3 is 19.8 Å². The fraction of sp³-hybridized carbons (Fsp3) is 0.773. The predicted octanol–water partition coefficient (Wildman–Crippen LogP) is 11.9. The number of likely N-dealkylation sites (N-methyl/N-ethyl adjacent to an activating group) is 1. The molecule has 0 aliphatic rings. The lowest BCUT2D eigenvalue weighted by Crippen LogP contribution is -2.37. The van der Waals surface area contributed by atoms with E-state index in [0.717, 1.165) is 57.8 Å². The number of phosphoric acid groups is 1. The summed E-state index contributed by atoms with van der Waals surface area (Å²) in [6.07, 6.45) is 41.6. The van der Waals surface area contributed by atoms with Crippen LogP contribution in [-0.4, -0.2) is 74.9 Å². The van der Waals surface area contributed by atoms with Crippen LogP contribution in [-0.2, 0) is 32.7 Å². The summed E-state index contributed by atoms with van der Waals surface area (Å²) in [6, 6.07) is 0. The number of quaternary nitrogens is 1. The SMILES string of the molecule is CC/C=C\C/C=C\C/C=C\C/C=C\CCCCC(=O)O[C@H](COC(=O)CCCCCCCCCCCCCCCCC)COP(=O)(O)OCC[N+](C)(C)C. The number of hydrogen-bond donors (Lipinski definition) is 1. The number of unbranched alkanes of at least 4 members (excludes halogenated alkanes) is 16. The molecular weight excluding hydrogens is 701 g/mol. The largest absolute Gasteiger partial charge is 0.472 e. The Bertz CT molecular complexity index is 1070. The molecular formula is C44H81NO8P+. The summed E-state index contributed by atoms with van der Waals surface area (Å²) in [6.45, 7) is 4.25. The lowest BCUT2D eigenvalue weighted by atomic mass is 10.0. The lowest BCUT2D eigenvalue weighted by Gasteiger charge is -2.24. The molecule has 9 nitrogen and oxygen atoms in total. The highest BCUT2D eigenvalue weighted by Gasteiger charge is 2.27. The zero-order valence-electron chi connectivity index (χ0n) is 35.2. The number of carbonyl (C=O) groups excluding carboxylic acids is 2. The van der Waals surface area contributed by atoms with Gasteiger partial charge in [-0.1, -0.05) is 152 Å². The van der Waals surface area contributed by atoms with Crippen LogP contribution in [0.4, 0.5) is 0 Å². The molecule has 0 rings (SSSR count). The number of nitrogens with zero attached hydrogens (tertiary/aromatic N) is 1. The Kier molecular flexibility index (Phi) is 35.2. The van der Waals surface area contributed by atoms with Gasteiger partial charge in [-0.3, -0.25) is 18.6 Å². The van der Waals surface area contributed by atoms with E-state index < -0.39 is 26.5 Å². The predicted molar refractivity (Wildman–Crippen MR) is 224 cm³/mol. The number of ether oxygens (including phenoxy) is 2. The molecule has 0 aliphatic heterocycles. The average Bonchev–Trinajstić information content (AvgIpc) is 3.12. The van der Waals surface area contributed by atoms with Crippen molar-refractivity contribution < 1.29 is 42.1 Å². The zero-order chi connectivity index (χ0) is 40.0. The van der Waals surface area contributed by atoms with Crippen LogP contribution >= 0.6 is 7.82 Å². The minimum atomic E-state index is -4.38. The van der Waals surface area contributed by atoms with Gasteiger partial charge in [-0.2, -0.15) is 0 Å². The number of esters is 2. The van der Waals surface area contributed by atoms with Gasteiger partial charge in [-0.15, -0.1) is 0 Å². The van der Waals surface area contributed by atoms with Crippen molar-refractivity contribution in [2.24, 2.45) is 0 Å². The molecule has 0 saturated carbocycles. The fourth-order valence-corrected chi connectivity index (χ4v) is 6.27. The van der Waals surface area contributed by atoms with Crippen molar-refractivity contribution >= 4 is 19.8 Å². The molecule has 0 aliphatic carbocycles. The molecule has 10 heteroatoms. The second kappa shape index (κ2) is 36.6. The Morgan fingerprint density at radius 2 is 1.06 bits per heavy atom. The quantitative estimate of drug-likeness (QED) is 0.0217. The van der Waals surface area contributed by atoms with Gasteiger partial charge < -0.3 is 18.9 Å². The molecule has 0 aromatic heterocycles. The standard InChI is InChI=1S/C44H80NO8P/c1-6-8-10-12-14-16-18-20-22-24-26-28-30-32-34-36-43(46)50-40-42(41-52-54(48,49)51-39-38-45(3,4)5)53-44(47)37-35-33-31-29-27-25-23-21-19-17-15-13-11-9-7-2/h9,11,15,17,21,23,27,29,42H,6-8,10,12-14,16,18-20,22,24-26,28,30-41H2,1-5H3/p+1/b11-9-,17-15-,23-21-,29-27-/t42-/m1/s1. The molecule has 54 heavy (non-hydrogen) atoms. The van der Waals surface area contributed by atoms with Crippen molar-refractivity contribution in [3.8, 4) is 0 Å². The Balaban J connectivity index is 4.44. The van der Waals surface area contributed by atoms with Gasteiger partial charge in [0.25, 0.3) is 0 Å². The van der Waals surface area contributed by atoms with Crippen LogP contribution in [0.15, 0.2) is 48.6 Å². The third-order valence-electron chi connectivity index (χ3n) is 8.87. The summed E-state index contributed by atoms with van der Waals surface area (Å²) < 4.78 is 34.2. The van der Waals surface area contributed by atoms with Crippen molar-refractivity contribution in [1.29, 1.82) is 0 Å². The second-order valence-electron chi connectivity index (χ2n) is 15.4. The van der Waals surface area contributed by atoms with Crippen LogP contribution < -0.4 is 0 Å². The first kappa shape index (κ1) is 52.0. The van der Waals surface area contributed by atoms with E-state index in [4.69, 9.17) is 18.5 Å². The van der Waals surface area contributed by atoms with Crippen molar-refractivity contribution in [2.75, 3.05) is 47.5 Å². The monoisotopic (exact) mass is 783 g/mol. The van der Waals surface area contributed by atoms with Crippen LogP contribution in [0, 0.1) is 0 Å². The van der Waals surface area contributed by atoms with Crippen LogP contribution in [0.5, 0.6) is 0 Å². The molecule has 0 amide bonds. The summed E-state index contributed by atoms with van der Waals surface area (Å²) in [7, 11) is 1.45. The highest BCUT2D eigenvalue weighted by atomic mass is 31.2. The molecule has 0 bridgehead atoms. The summed E-state index contributed by atoms with van der Waals surface area (Å²) in [4.78, 5) is 35.3. The van der Waals surface area contributed by atoms with Crippen LogP contribution in [0.3, 0.4) is 0 Å². The number of carbonyl (C=O) groups is 2. The van der Waals surface area contributed by atoms with Crippen molar-refractivity contribution in [3.05, 3.63) is 48.6 Å². The van der Waals surface area contributed by atoms with E-state index in [2.05, 4.69) is 62.5 Å². The summed E-state index contributed by atoms with van der Waals surface area (Å²) in [5, 5.41) is 0. The molecule has 314 valence electrons. The maximum Gasteiger partial charge on any atom is 0.472 e. The van der Waals surface area contributed by atoms with Gasteiger partial charge in [0.15, 0.2) is 6.10 Å². The Morgan fingerprint density at radius 1 is 0.593 bits per heavy atom. The van der Waals surface area contributed by atoms with Gasteiger partial charge in [0.05, 0.1) is 27.7 Å². The first-order valence-corrected chi connectivity index (χ1v) is 22.9. The number of hydrogen-bond acceptors (Lipinski definition) is 7. The maximum atomic E-state index is 12.6. The zero-order valence-corrected chi connectivity index (χ0v) is 36.1. The molecule has 0 radical (unpaired) electrons. The van der Waals surface area contributed by atoms with E-state index in [1.807, 2.05) is 21.1 Å².